The molecule has 8 nitrogen and oxygen atoms in total. The van der Waals surface area contributed by atoms with Crippen molar-refractivity contribution < 1.29 is 18.7 Å². The minimum Gasteiger partial charge on any atom is -0.497 e. The topological polar surface area (TPSA) is 106 Å². The molecule has 0 saturated carbocycles. The minimum absolute atomic E-state index is 0.331. The van der Waals surface area contributed by atoms with E-state index in [-0.39, 0.29) is 0 Å². The third kappa shape index (κ3) is 5.02. The van der Waals surface area contributed by atoms with Crippen molar-refractivity contribution in [2.75, 3.05) is 7.11 Å². The third-order valence-electron chi connectivity index (χ3n) is 5.07. The second kappa shape index (κ2) is 9.83. The Morgan fingerprint density at radius 3 is 1.85 bits per heavy atom. The highest BCUT2D eigenvalue weighted by Gasteiger charge is 2.13. The zero-order chi connectivity index (χ0) is 24.1. The number of methoxy groups -OCH3 is 1. The van der Waals surface area contributed by atoms with Crippen LogP contribution in [0.5, 0.6) is 5.75 Å². The minimum atomic E-state index is -0.466. The summed E-state index contributed by atoms with van der Waals surface area (Å²) in [5.74, 6) is 0.343. The molecule has 0 spiro atoms. The molecule has 0 atom stereocenters. The lowest BCUT2D eigenvalue weighted by Gasteiger charge is -2.08. The molecule has 0 saturated heterocycles. The van der Waals surface area contributed by atoms with Crippen molar-refractivity contribution in [3.63, 3.8) is 0 Å². The Balaban J connectivity index is 1.39. The number of allylic oxidation sites excluding steroid dienone is 1. The Kier molecular flexibility index (Phi) is 6.49. The monoisotopic (exact) mass is 454 g/mol. The highest BCUT2D eigenvalue weighted by molar-refractivity contribution is 5.99. The lowest BCUT2D eigenvalue weighted by molar-refractivity contribution is 0.0846. The standard InChI is InChI=1S/C26H22N4O4/c1-16(2)17-7-11-19(12-8-17)25-29-30-26(34-25)20-13-9-18(10-14-20)23(31)27-28-24(32)21-5-4-6-22(15-21)33-3/h4-15H,1H2,2-3H3,(H,27,31)(H,28,32). The van der Waals surface area contributed by atoms with E-state index in [2.05, 4.69) is 27.6 Å². The zero-order valence-electron chi connectivity index (χ0n) is 18.7. The largest absolute Gasteiger partial charge is 0.497 e. The van der Waals surface area contributed by atoms with Crippen LogP contribution in [0.1, 0.15) is 33.2 Å². The maximum absolute atomic E-state index is 12.4. The zero-order valence-corrected chi connectivity index (χ0v) is 18.7. The molecule has 0 aliphatic heterocycles. The van der Waals surface area contributed by atoms with E-state index < -0.39 is 11.8 Å². The predicted molar refractivity (Wildman–Crippen MR) is 128 cm³/mol. The summed E-state index contributed by atoms with van der Waals surface area (Å²) in [6.07, 6.45) is 0. The Bertz CT molecular complexity index is 1340. The molecule has 1 heterocycles. The Morgan fingerprint density at radius 1 is 0.794 bits per heavy atom. The molecule has 0 unspecified atom stereocenters. The van der Waals surface area contributed by atoms with Crippen LogP contribution in [0.2, 0.25) is 0 Å². The lowest BCUT2D eigenvalue weighted by atomic mass is 10.1. The van der Waals surface area contributed by atoms with Crippen molar-refractivity contribution >= 4 is 17.4 Å². The molecule has 34 heavy (non-hydrogen) atoms. The molecular formula is C26H22N4O4. The van der Waals surface area contributed by atoms with Crippen molar-refractivity contribution in [1.82, 2.24) is 21.0 Å². The first kappa shape index (κ1) is 22.5. The number of benzene rings is 3. The fourth-order valence-corrected chi connectivity index (χ4v) is 3.14. The molecule has 0 bridgehead atoms. The van der Waals surface area contributed by atoms with Crippen molar-refractivity contribution in [1.29, 1.82) is 0 Å². The van der Waals surface area contributed by atoms with Crippen molar-refractivity contribution in [3.8, 4) is 28.7 Å². The number of hydrogen-bond donors (Lipinski definition) is 2. The van der Waals surface area contributed by atoms with Gasteiger partial charge in [0, 0.05) is 22.3 Å². The van der Waals surface area contributed by atoms with Crippen LogP contribution in [0.25, 0.3) is 28.5 Å². The molecule has 4 aromatic rings. The van der Waals surface area contributed by atoms with E-state index in [4.69, 9.17) is 9.15 Å². The Morgan fingerprint density at radius 2 is 1.32 bits per heavy atom. The van der Waals surface area contributed by atoms with Crippen molar-refractivity contribution in [2.24, 2.45) is 0 Å². The van der Waals surface area contributed by atoms with E-state index in [0.717, 1.165) is 16.7 Å². The number of carbonyl (C=O) groups is 2. The van der Waals surface area contributed by atoms with Crippen molar-refractivity contribution in [2.45, 2.75) is 6.92 Å². The van der Waals surface area contributed by atoms with Crippen LogP contribution in [0, 0.1) is 0 Å². The number of amides is 2. The molecule has 0 aliphatic carbocycles. The summed E-state index contributed by atoms with van der Waals surface area (Å²) in [4.78, 5) is 24.7. The number of aromatic nitrogens is 2. The van der Waals surface area contributed by atoms with Gasteiger partial charge in [-0.2, -0.15) is 0 Å². The number of nitrogens with zero attached hydrogens (tertiary/aromatic N) is 2. The quantitative estimate of drug-likeness (QED) is 0.415. The second-order valence-corrected chi connectivity index (χ2v) is 7.49. The van der Waals surface area contributed by atoms with Gasteiger partial charge in [0.15, 0.2) is 0 Å². The van der Waals surface area contributed by atoms with E-state index in [0.29, 0.717) is 34.2 Å². The average Bonchev–Trinajstić information content (AvgIpc) is 3.37. The van der Waals surface area contributed by atoms with Crippen LogP contribution in [-0.2, 0) is 0 Å². The summed E-state index contributed by atoms with van der Waals surface area (Å²) in [5, 5.41) is 8.21. The number of hydrazine groups is 1. The molecule has 2 N–H and O–H groups in total. The third-order valence-corrected chi connectivity index (χ3v) is 5.07. The van der Waals surface area contributed by atoms with Gasteiger partial charge in [0.1, 0.15) is 5.75 Å². The first-order chi connectivity index (χ1) is 16.4. The van der Waals surface area contributed by atoms with Crippen LogP contribution in [0.3, 0.4) is 0 Å². The number of nitrogens with one attached hydrogen (secondary N) is 2. The average molecular weight is 454 g/mol. The van der Waals surface area contributed by atoms with Crippen molar-refractivity contribution in [3.05, 3.63) is 96.1 Å². The van der Waals surface area contributed by atoms with E-state index in [1.165, 1.54) is 7.11 Å². The lowest BCUT2D eigenvalue weighted by Crippen LogP contribution is -2.41. The van der Waals surface area contributed by atoms with Gasteiger partial charge in [-0.05, 0) is 67.1 Å². The molecule has 3 aromatic carbocycles. The van der Waals surface area contributed by atoms with Crippen LogP contribution < -0.4 is 15.6 Å². The summed E-state index contributed by atoms with van der Waals surface area (Å²) < 4.78 is 10.9. The second-order valence-electron chi connectivity index (χ2n) is 7.49. The number of rotatable bonds is 6. The highest BCUT2D eigenvalue weighted by Crippen LogP contribution is 2.25. The van der Waals surface area contributed by atoms with Crippen LogP contribution in [0.4, 0.5) is 0 Å². The Labute approximate surface area is 196 Å². The summed E-state index contributed by atoms with van der Waals surface area (Å²) in [6.45, 7) is 5.87. The maximum Gasteiger partial charge on any atom is 0.269 e. The van der Waals surface area contributed by atoms with Crippen LogP contribution in [-0.4, -0.2) is 29.1 Å². The van der Waals surface area contributed by atoms with Gasteiger partial charge in [0.05, 0.1) is 7.11 Å². The van der Waals surface area contributed by atoms with Crippen LogP contribution in [0.15, 0.2) is 83.8 Å². The molecule has 0 aliphatic rings. The summed E-state index contributed by atoms with van der Waals surface area (Å²) >= 11 is 0. The van der Waals surface area contributed by atoms with E-state index >= 15 is 0 Å². The van der Waals surface area contributed by atoms with Gasteiger partial charge in [-0.15, -0.1) is 10.2 Å². The smallest absolute Gasteiger partial charge is 0.269 e. The molecule has 1 aromatic heterocycles. The predicted octanol–water partition coefficient (Wildman–Crippen LogP) is 4.52. The van der Waals surface area contributed by atoms with Crippen LogP contribution >= 0.6 is 0 Å². The molecule has 170 valence electrons. The SMILES string of the molecule is C=C(C)c1ccc(-c2nnc(-c3ccc(C(=O)NNC(=O)c4cccc(OC)c4)cc3)o2)cc1. The maximum atomic E-state index is 12.4. The van der Waals surface area contributed by atoms with E-state index in [1.807, 2.05) is 31.2 Å². The normalized spacial score (nSPS) is 10.4. The summed E-state index contributed by atoms with van der Waals surface area (Å²) in [6, 6.07) is 20.9. The molecular weight excluding hydrogens is 432 g/mol. The molecule has 2 amide bonds. The highest BCUT2D eigenvalue weighted by atomic mass is 16.5. The van der Waals surface area contributed by atoms with Gasteiger partial charge in [-0.3, -0.25) is 20.4 Å². The van der Waals surface area contributed by atoms with Gasteiger partial charge < -0.3 is 9.15 Å². The summed E-state index contributed by atoms with van der Waals surface area (Å²) in [7, 11) is 1.51. The van der Waals surface area contributed by atoms with Gasteiger partial charge in [0.25, 0.3) is 11.8 Å². The van der Waals surface area contributed by atoms with Gasteiger partial charge in [-0.25, -0.2) is 0 Å². The molecule has 8 heteroatoms. The first-order valence-corrected chi connectivity index (χ1v) is 10.4. The number of hydrogen-bond acceptors (Lipinski definition) is 6. The molecule has 0 radical (unpaired) electrons. The number of ether oxygens (including phenoxy) is 1. The molecule has 0 fully saturated rings. The van der Waals surface area contributed by atoms with Gasteiger partial charge in [0.2, 0.25) is 11.8 Å². The summed E-state index contributed by atoms with van der Waals surface area (Å²) in [5.41, 5.74) is 8.96. The Hall–Kier alpha value is -4.72. The van der Waals surface area contributed by atoms with E-state index in [9.17, 15) is 9.59 Å². The van der Waals surface area contributed by atoms with Gasteiger partial charge >= 0.3 is 0 Å². The van der Waals surface area contributed by atoms with Gasteiger partial charge in [-0.1, -0.05) is 30.4 Å². The number of carbonyl (C=O) groups excluding carboxylic acids is 2. The molecule has 4 rings (SSSR count). The fraction of sp³-hybridized carbons (Fsp3) is 0.0769. The first-order valence-electron chi connectivity index (χ1n) is 10.4. The van der Waals surface area contributed by atoms with E-state index in [1.54, 1.807) is 48.5 Å². The fourth-order valence-electron chi connectivity index (χ4n) is 3.14.